The van der Waals surface area contributed by atoms with Crippen LogP contribution < -0.4 is 5.32 Å². The molecule has 26 heavy (non-hydrogen) atoms. The molecule has 0 radical (unpaired) electrons. The third-order valence-electron chi connectivity index (χ3n) is 3.98. The molecule has 1 N–H and O–H groups in total. The second-order valence-electron chi connectivity index (χ2n) is 7.52. The Balaban J connectivity index is 2.14. The van der Waals surface area contributed by atoms with E-state index in [2.05, 4.69) is 10.3 Å². The van der Waals surface area contributed by atoms with Crippen molar-refractivity contribution in [3.63, 3.8) is 0 Å². The second-order valence-corrected chi connectivity index (χ2v) is 9.50. The molecule has 1 heterocycles. The smallest absolute Gasteiger partial charge is 0.407 e. The number of aromatic nitrogens is 1. The zero-order valence-electron chi connectivity index (χ0n) is 15.4. The molecule has 0 saturated heterocycles. The van der Waals surface area contributed by atoms with Gasteiger partial charge < -0.3 is 10.1 Å². The zero-order chi connectivity index (χ0) is 19.5. The lowest BCUT2D eigenvalue weighted by Crippen LogP contribution is -2.44. The van der Waals surface area contributed by atoms with E-state index in [-0.39, 0.29) is 12.0 Å². The molecule has 1 amide bonds. The molecule has 1 fully saturated rings. The Labute approximate surface area is 159 Å². The maximum absolute atomic E-state index is 12.0. The van der Waals surface area contributed by atoms with E-state index in [1.165, 1.54) is 0 Å². The molecule has 3 atom stereocenters. The van der Waals surface area contributed by atoms with E-state index in [0.29, 0.717) is 24.4 Å². The van der Waals surface area contributed by atoms with Crippen molar-refractivity contribution in [2.45, 2.75) is 63.7 Å². The molecule has 0 bridgehead atoms. The number of amides is 1. The van der Waals surface area contributed by atoms with Crippen LogP contribution in [0.4, 0.5) is 4.79 Å². The van der Waals surface area contributed by atoms with Crippen LogP contribution in [0.3, 0.4) is 0 Å². The van der Waals surface area contributed by atoms with Gasteiger partial charge in [0.1, 0.15) is 10.8 Å². The number of halogens is 1. The van der Waals surface area contributed by atoms with Gasteiger partial charge in [-0.25, -0.2) is 9.78 Å². The molecule has 1 aromatic heterocycles. The number of alkyl carbamates (subject to hydrolysis) is 1. The third kappa shape index (κ3) is 6.74. The molecule has 1 aliphatic carbocycles. The van der Waals surface area contributed by atoms with Crippen LogP contribution >= 0.6 is 11.6 Å². The van der Waals surface area contributed by atoms with Crippen LogP contribution in [-0.4, -0.2) is 43.5 Å². The van der Waals surface area contributed by atoms with Gasteiger partial charge in [-0.1, -0.05) is 17.7 Å². The van der Waals surface area contributed by atoms with Gasteiger partial charge in [0.05, 0.1) is 12.4 Å². The molecule has 0 unspecified atom stereocenters. The van der Waals surface area contributed by atoms with Gasteiger partial charge in [-0.05, 0) is 51.7 Å². The molecule has 7 nitrogen and oxygen atoms in total. The molecule has 9 heteroatoms. The van der Waals surface area contributed by atoms with Crippen LogP contribution in [0.1, 0.15) is 51.5 Å². The molecule has 1 saturated carbocycles. The van der Waals surface area contributed by atoms with Crippen molar-refractivity contribution in [3.8, 4) is 0 Å². The number of pyridine rings is 1. The van der Waals surface area contributed by atoms with E-state index >= 15 is 0 Å². The number of carbonyl (C=O) groups is 1. The highest BCUT2D eigenvalue weighted by Crippen LogP contribution is 2.36. The lowest BCUT2D eigenvalue weighted by Gasteiger charge is -2.36. The van der Waals surface area contributed by atoms with E-state index in [0.717, 1.165) is 11.8 Å². The van der Waals surface area contributed by atoms with Crippen LogP contribution in [0.5, 0.6) is 0 Å². The summed E-state index contributed by atoms with van der Waals surface area (Å²) < 4.78 is 33.8. The summed E-state index contributed by atoms with van der Waals surface area (Å²) in [4.78, 5) is 16.1. The van der Waals surface area contributed by atoms with Gasteiger partial charge in [-0.3, -0.25) is 4.18 Å². The zero-order valence-corrected chi connectivity index (χ0v) is 16.9. The summed E-state index contributed by atoms with van der Waals surface area (Å²) in [5.74, 6) is -0.233. The van der Waals surface area contributed by atoms with Crippen molar-refractivity contribution in [2.24, 2.45) is 0 Å². The number of ether oxygens (including phenoxy) is 1. The highest BCUT2D eigenvalue weighted by Gasteiger charge is 2.35. The lowest BCUT2D eigenvalue weighted by molar-refractivity contribution is 0.0458. The highest BCUT2D eigenvalue weighted by atomic mass is 35.5. The summed E-state index contributed by atoms with van der Waals surface area (Å²) >= 11 is 5.84. The van der Waals surface area contributed by atoms with E-state index in [9.17, 15) is 13.2 Å². The normalized spacial score (nSPS) is 24.1. The second kappa shape index (κ2) is 8.10. The Bertz CT molecular complexity index is 731. The molecular formula is C17H25ClN2O5S. The predicted octanol–water partition coefficient (Wildman–Crippen LogP) is 3.24. The van der Waals surface area contributed by atoms with Crippen LogP contribution in [0.15, 0.2) is 18.3 Å². The van der Waals surface area contributed by atoms with Gasteiger partial charge in [-0.2, -0.15) is 8.42 Å². The molecule has 1 aromatic rings. The highest BCUT2D eigenvalue weighted by molar-refractivity contribution is 7.86. The minimum atomic E-state index is -3.60. The first kappa shape index (κ1) is 20.9. The Kier molecular flexibility index (Phi) is 6.52. The fourth-order valence-corrected chi connectivity index (χ4v) is 3.84. The Morgan fingerprint density at radius 2 is 2.00 bits per heavy atom. The largest absolute Gasteiger partial charge is 0.444 e. The van der Waals surface area contributed by atoms with E-state index in [1.54, 1.807) is 39.1 Å². The van der Waals surface area contributed by atoms with Crippen LogP contribution in [0.25, 0.3) is 0 Å². The van der Waals surface area contributed by atoms with Crippen molar-refractivity contribution in [1.29, 1.82) is 0 Å². The summed E-state index contributed by atoms with van der Waals surface area (Å²) in [5.41, 5.74) is 0.235. The van der Waals surface area contributed by atoms with Crippen molar-refractivity contribution in [3.05, 3.63) is 29.0 Å². The molecule has 1 aliphatic rings. The Hall–Kier alpha value is -1.38. The van der Waals surface area contributed by atoms with Gasteiger partial charge in [-0.15, -0.1) is 0 Å². The monoisotopic (exact) mass is 404 g/mol. The summed E-state index contributed by atoms with van der Waals surface area (Å²) in [6.45, 7) is 5.39. The standard InChI is InChI=1S/C17H25ClN2O5S/c1-17(2,3)24-16(21)20-12-6-7-14(25-26(4,22)23)13(9-12)11-5-8-15(18)19-10-11/h5,8,10,12-14H,6-7,9H2,1-4H3,(H,20,21)/t12-,13+,14+/m0/s1. The van der Waals surface area contributed by atoms with Gasteiger partial charge in [0.25, 0.3) is 10.1 Å². The number of hydrogen-bond acceptors (Lipinski definition) is 6. The van der Waals surface area contributed by atoms with Crippen LogP contribution in [0, 0.1) is 0 Å². The maximum Gasteiger partial charge on any atom is 0.407 e. The van der Waals surface area contributed by atoms with Crippen molar-refractivity contribution >= 4 is 27.8 Å². The minimum absolute atomic E-state index is 0.148. The molecule has 146 valence electrons. The Morgan fingerprint density at radius 3 is 2.54 bits per heavy atom. The van der Waals surface area contributed by atoms with E-state index in [1.807, 2.05) is 0 Å². The van der Waals surface area contributed by atoms with Gasteiger partial charge in [0.2, 0.25) is 0 Å². The summed E-state index contributed by atoms with van der Waals surface area (Å²) in [6, 6.07) is 3.30. The van der Waals surface area contributed by atoms with Crippen LogP contribution in [0.2, 0.25) is 5.15 Å². The number of carbonyl (C=O) groups excluding carboxylic acids is 1. The summed E-state index contributed by atoms with van der Waals surface area (Å²) in [7, 11) is -3.60. The van der Waals surface area contributed by atoms with Gasteiger partial charge >= 0.3 is 6.09 Å². The molecule has 0 aliphatic heterocycles. The van der Waals surface area contributed by atoms with E-state index in [4.69, 9.17) is 20.5 Å². The Morgan fingerprint density at radius 1 is 1.31 bits per heavy atom. The third-order valence-corrected chi connectivity index (χ3v) is 4.80. The fraction of sp³-hybridized carbons (Fsp3) is 0.647. The van der Waals surface area contributed by atoms with Gasteiger partial charge in [0, 0.05) is 18.2 Å². The minimum Gasteiger partial charge on any atom is -0.444 e. The quantitative estimate of drug-likeness (QED) is 0.611. The van der Waals surface area contributed by atoms with Crippen molar-refractivity contribution in [2.75, 3.05) is 6.26 Å². The van der Waals surface area contributed by atoms with E-state index < -0.39 is 27.9 Å². The first-order valence-electron chi connectivity index (χ1n) is 8.42. The average Bonchev–Trinajstić information content (AvgIpc) is 2.46. The fourth-order valence-electron chi connectivity index (χ4n) is 3.05. The predicted molar refractivity (Wildman–Crippen MR) is 98.7 cm³/mol. The number of hydrogen-bond donors (Lipinski definition) is 1. The van der Waals surface area contributed by atoms with Crippen molar-refractivity contribution in [1.82, 2.24) is 10.3 Å². The van der Waals surface area contributed by atoms with Gasteiger partial charge in [0.15, 0.2) is 0 Å². The summed E-state index contributed by atoms with van der Waals surface area (Å²) in [6.07, 6.45) is 3.25. The molecule has 2 rings (SSSR count). The summed E-state index contributed by atoms with van der Waals surface area (Å²) in [5, 5.41) is 3.21. The first-order valence-corrected chi connectivity index (χ1v) is 10.6. The maximum atomic E-state index is 12.0. The first-order chi connectivity index (χ1) is 11.9. The molecule has 0 aromatic carbocycles. The number of nitrogens with one attached hydrogen (secondary N) is 1. The number of rotatable bonds is 4. The number of nitrogens with zero attached hydrogens (tertiary/aromatic N) is 1. The average molecular weight is 405 g/mol. The lowest BCUT2D eigenvalue weighted by atomic mass is 9.80. The molecule has 0 spiro atoms. The van der Waals surface area contributed by atoms with Crippen LogP contribution in [-0.2, 0) is 19.0 Å². The SMILES string of the molecule is CC(C)(C)OC(=O)N[C@H]1CC[C@@H](OS(C)(=O)=O)[C@@H](c2ccc(Cl)nc2)C1. The topological polar surface area (TPSA) is 94.6 Å². The molecular weight excluding hydrogens is 380 g/mol. The van der Waals surface area contributed by atoms with Crippen molar-refractivity contribution < 1.29 is 22.1 Å².